The fraction of sp³-hybridized carbons (Fsp3) is 0.600. The Balaban J connectivity index is 4.08. The number of aliphatic hydroxyl groups is 3. The van der Waals surface area contributed by atoms with E-state index in [1.807, 2.05) is 6.92 Å². The van der Waals surface area contributed by atoms with Crippen LogP contribution in [0.2, 0.25) is 0 Å². The lowest BCUT2D eigenvalue weighted by Gasteiger charge is -2.21. The Labute approximate surface area is 141 Å². The standard InChI is InChI=1S/C20H34O3/c1-6-20(5,23)14-13-19(22)18(4)12-8-10-16(2)9-7-11-17(3)15-21/h6,10-11,19,21-23H,1,4,7-9,12-15H2,2-3,5H3. The lowest BCUT2D eigenvalue weighted by Crippen LogP contribution is -2.23. The van der Waals surface area contributed by atoms with Crippen molar-refractivity contribution >= 4 is 0 Å². The first kappa shape index (κ1) is 21.8. The molecular weight excluding hydrogens is 288 g/mol. The quantitative estimate of drug-likeness (QED) is 0.475. The van der Waals surface area contributed by atoms with E-state index in [0.717, 1.165) is 36.8 Å². The Morgan fingerprint density at radius 1 is 1.13 bits per heavy atom. The maximum absolute atomic E-state index is 10.1. The van der Waals surface area contributed by atoms with Crippen LogP contribution in [0.1, 0.15) is 59.3 Å². The molecule has 0 rings (SSSR count). The molecule has 0 fully saturated rings. The molecule has 0 bridgehead atoms. The van der Waals surface area contributed by atoms with Crippen LogP contribution in [-0.2, 0) is 0 Å². The summed E-state index contributed by atoms with van der Waals surface area (Å²) >= 11 is 0. The molecule has 0 amide bonds. The lowest BCUT2D eigenvalue weighted by molar-refractivity contribution is 0.0804. The molecule has 132 valence electrons. The van der Waals surface area contributed by atoms with Crippen molar-refractivity contribution in [3.8, 4) is 0 Å². The van der Waals surface area contributed by atoms with Crippen molar-refractivity contribution in [3.05, 3.63) is 48.1 Å². The van der Waals surface area contributed by atoms with Gasteiger partial charge in [-0.2, -0.15) is 0 Å². The summed E-state index contributed by atoms with van der Waals surface area (Å²) in [7, 11) is 0. The van der Waals surface area contributed by atoms with Crippen LogP contribution >= 0.6 is 0 Å². The molecule has 3 N–H and O–H groups in total. The predicted molar refractivity (Wildman–Crippen MR) is 98.3 cm³/mol. The van der Waals surface area contributed by atoms with Gasteiger partial charge in [0, 0.05) is 0 Å². The second-order valence-corrected chi connectivity index (χ2v) is 6.61. The van der Waals surface area contributed by atoms with E-state index in [1.54, 1.807) is 6.92 Å². The average molecular weight is 322 g/mol. The van der Waals surface area contributed by atoms with E-state index in [2.05, 4.69) is 32.2 Å². The molecular formula is C20H34O3. The Morgan fingerprint density at radius 3 is 2.26 bits per heavy atom. The van der Waals surface area contributed by atoms with Crippen molar-refractivity contribution in [1.82, 2.24) is 0 Å². The molecule has 3 heteroatoms. The van der Waals surface area contributed by atoms with Crippen LogP contribution in [0.3, 0.4) is 0 Å². The van der Waals surface area contributed by atoms with Crippen molar-refractivity contribution in [3.63, 3.8) is 0 Å². The van der Waals surface area contributed by atoms with E-state index >= 15 is 0 Å². The second kappa shape index (κ2) is 11.4. The topological polar surface area (TPSA) is 60.7 Å². The first-order valence-electron chi connectivity index (χ1n) is 8.35. The van der Waals surface area contributed by atoms with Crippen LogP contribution in [0.5, 0.6) is 0 Å². The maximum atomic E-state index is 10.1. The summed E-state index contributed by atoms with van der Waals surface area (Å²) in [5.41, 5.74) is 2.19. The van der Waals surface area contributed by atoms with Gasteiger partial charge in [-0.05, 0) is 64.9 Å². The van der Waals surface area contributed by atoms with Crippen LogP contribution in [-0.4, -0.2) is 33.6 Å². The van der Waals surface area contributed by atoms with E-state index in [-0.39, 0.29) is 6.61 Å². The Kier molecular flexibility index (Phi) is 10.8. The molecule has 3 nitrogen and oxygen atoms in total. The van der Waals surface area contributed by atoms with Gasteiger partial charge in [0.25, 0.3) is 0 Å². The summed E-state index contributed by atoms with van der Waals surface area (Å²) in [6, 6.07) is 0. The minimum atomic E-state index is -0.933. The molecule has 0 aromatic carbocycles. The molecule has 2 unspecified atom stereocenters. The molecule has 0 aliphatic carbocycles. The largest absolute Gasteiger partial charge is 0.392 e. The molecule has 0 aromatic heterocycles. The number of aliphatic hydroxyl groups excluding tert-OH is 2. The van der Waals surface area contributed by atoms with Crippen molar-refractivity contribution in [2.45, 2.75) is 71.0 Å². The summed E-state index contributed by atoms with van der Waals surface area (Å²) in [4.78, 5) is 0. The molecule has 2 atom stereocenters. The Morgan fingerprint density at radius 2 is 1.70 bits per heavy atom. The van der Waals surface area contributed by atoms with Crippen LogP contribution < -0.4 is 0 Å². The Hall–Kier alpha value is -1.16. The Bertz CT molecular complexity index is 430. The minimum absolute atomic E-state index is 0.124. The van der Waals surface area contributed by atoms with Gasteiger partial charge in [-0.25, -0.2) is 0 Å². The highest BCUT2D eigenvalue weighted by atomic mass is 16.3. The smallest absolute Gasteiger partial charge is 0.0798 e. The van der Waals surface area contributed by atoms with Crippen LogP contribution in [0.25, 0.3) is 0 Å². The van der Waals surface area contributed by atoms with Gasteiger partial charge in [-0.3, -0.25) is 0 Å². The number of hydrogen-bond acceptors (Lipinski definition) is 3. The van der Waals surface area contributed by atoms with Crippen molar-refractivity contribution in [1.29, 1.82) is 0 Å². The highest BCUT2D eigenvalue weighted by Crippen LogP contribution is 2.20. The number of rotatable bonds is 12. The first-order chi connectivity index (χ1) is 10.7. The average Bonchev–Trinajstić information content (AvgIpc) is 2.52. The third kappa shape index (κ3) is 11.1. The van der Waals surface area contributed by atoms with Crippen molar-refractivity contribution in [2.24, 2.45) is 0 Å². The normalized spacial score (nSPS) is 16.8. The van der Waals surface area contributed by atoms with Gasteiger partial charge in [0.1, 0.15) is 0 Å². The van der Waals surface area contributed by atoms with Gasteiger partial charge in [0.05, 0.1) is 18.3 Å². The molecule has 0 heterocycles. The van der Waals surface area contributed by atoms with Gasteiger partial charge >= 0.3 is 0 Å². The highest BCUT2D eigenvalue weighted by molar-refractivity contribution is 5.08. The third-order valence-corrected chi connectivity index (χ3v) is 4.07. The maximum Gasteiger partial charge on any atom is 0.0798 e. The van der Waals surface area contributed by atoms with E-state index in [9.17, 15) is 10.2 Å². The zero-order valence-electron chi connectivity index (χ0n) is 15.0. The zero-order valence-corrected chi connectivity index (χ0v) is 15.0. The SMILES string of the molecule is C=CC(C)(O)CCC(O)C(=C)CCC=C(C)CCC=C(C)CO. The summed E-state index contributed by atoms with van der Waals surface area (Å²) in [5.74, 6) is 0. The second-order valence-electron chi connectivity index (χ2n) is 6.61. The van der Waals surface area contributed by atoms with Crippen LogP contribution in [0.15, 0.2) is 48.1 Å². The minimum Gasteiger partial charge on any atom is -0.392 e. The van der Waals surface area contributed by atoms with Crippen molar-refractivity contribution < 1.29 is 15.3 Å². The highest BCUT2D eigenvalue weighted by Gasteiger charge is 2.18. The molecule has 0 saturated carbocycles. The summed E-state index contributed by atoms with van der Waals surface area (Å²) < 4.78 is 0. The van der Waals surface area contributed by atoms with E-state index < -0.39 is 11.7 Å². The third-order valence-electron chi connectivity index (χ3n) is 4.07. The summed E-state index contributed by atoms with van der Waals surface area (Å²) in [6.07, 6.45) is 9.66. The monoisotopic (exact) mass is 322 g/mol. The van der Waals surface area contributed by atoms with Gasteiger partial charge in [0.15, 0.2) is 0 Å². The zero-order chi connectivity index (χ0) is 17.9. The van der Waals surface area contributed by atoms with E-state index in [1.165, 1.54) is 11.6 Å². The molecule has 0 spiro atoms. The summed E-state index contributed by atoms with van der Waals surface area (Å²) in [5, 5.41) is 28.9. The molecule has 23 heavy (non-hydrogen) atoms. The van der Waals surface area contributed by atoms with Gasteiger partial charge < -0.3 is 15.3 Å². The van der Waals surface area contributed by atoms with Crippen molar-refractivity contribution in [2.75, 3.05) is 6.61 Å². The van der Waals surface area contributed by atoms with E-state index in [4.69, 9.17) is 5.11 Å². The van der Waals surface area contributed by atoms with Gasteiger partial charge in [0.2, 0.25) is 0 Å². The van der Waals surface area contributed by atoms with E-state index in [0.29, 0.717) is 12.8 Å². The number of hydrogen-bond donors (Lipinski definition) is 3. The molecule has 0 aromatic rings. The summed E-state index contributed by atoms with van der Waals surface area (Å²) in [6.45, 7) is 13.4. The van der Waals surface area contributed by atoms with Crippen LogP contribution in [0.4, 0.5) is 0 Å². The predicted octanol–water partition coefficient (Wildman–Crippen LogP) is 4.07. The lowest BCUT2D eigenvalue weighted by atomic mass is 9.94. The van der Waals surface area contributed by atoms with Crippen LogP contribution in [0, 0.1) is 0 Å². The first-order valence-corrected chi connectivity index (χ1v) is 8.35. The molecule has 0 aliphatic rings. The number of allylic oxidation sites excluding steroid dienone is 3. The fourth-order valence-electron chi connectivity index (χ4n) is 2.12. The molecule has 0 aliphatic heterocycles. The molecule has 0 radical (unpaired) electrons. The van der Waals surface area contributed by atoms with Gasteiger partial charge in [-0.1, -0.05) is 36.0 Å². The molecule has 0 saturated heterocycles. The fourth-order valence-corrected chi connectivity index (χ4v) is 2.12. The van der Waals surface area contributed by atoms with Gasteiger partial charge in [-0.15, -0.1) is 6.58 Å².